The molecule has 3 heterocycles. The van der Waals surface area contributed by atoms with E-state index in [1.165, 1.54) is 0 Å². The summed E-state index contributed by atoms with van der Waals surface area (Å²) in [5, 5.41) is 3.29. The molecule has 0 atom stereocenters. The zero-order chi connectivity index (χ0) is 19.3. The monoisotopic (exact) mass is 365 g/mol. The van der Waals surface area contributed by atoms with Gasteiger partial charge < -0.3 is 10.6 Å². The summed E-state index contributed by atoms with van der Waals surface area (Å²) in [6.07, 6.45) is 1.99. The molecule has 2 aromatic heterocycles. The maximum absolute atomic E-state index is 13.1. The van der Waals surface area contributed by atoms with Gasteiger partial charge in [-0.15, -0.1) is 0 Å². The van der Waals surface area contributed by atoms with Crippen LogP contribution in [0.15, 0.2) is 23.0 Å². The van der Waals surface area contributed by atoms with E-state index in [1.807, 2.05) is 36.9 Å². The van der Waals surface area contributed by atoms with Crippen molar-refractivity contribution in [1.29, 1.82) is 0 Å². The third kappa shape index (κ3) is 2.70. The van der Waals surface area contributed by atoms with Gasteiger partial charge in [0, 0.05) is 30.7 Å². The Morgan fingerprint density at radius 2 is 2.11 bits per heavy atom. The molecule has 3 aromatic rings. The van der Waals surface area contributed by atoms with E-state index in [0.29, 0.717) is 17.6 Å². The van der Waals surface area contributed by atoms with Gasteiger partial charge in [-0.3, -0.25) is 19.4 Å². The summed E-state index contributed by atoms with van der Waals surface area (Å²) in [7, 11) is 1.76. The summed E-state index contributed by atoms with van der Waals surface area (Å²) in [6.45, 7) is 4.45. The molecule has 7 heteroatoms. The number of amides is 1. The number of nitrogens with two attached hydrogens (primary N) is 1. The topological polar surface area (TPSA) is 97.0 Å². The average Bonchev–Trinajstić information content (AvgIpc) is 2.92. The van der Waals surface area contributed by atoms with E-state index in [1.54, 1.807) is 11.7 Å². The highest BCUT2D eigenvalue weighted by Crippen LogP contribution is 2.32. The molecule has 0 spiro atoms. The molecule has 140 valence electrons. The molecule has 7 nitrogen and oxygen atoms in total. The predicted octanol–water partition coefficient (Wildman–Crippen LogP) is 1.98. The van der Waals surface area contributed by atoms with Crippen LogP contribution in [0.1, 0.15) is 28.8 Å². The van der Waals surface area contributed by atoms with Crippen molar-refractivity contribution in [3.8, 4) is 0 Å². The molecule has 1 aliphatic rings. The Labute approximate surface area is 156 Å². The molecule has 0 bridgehead atoms. The molecule has 1 aliphatic heterocycles. The number of hydrogen-bond acceptors (Lipinski definition) is 4. The minimum atomic E-state index is -0.178. The van der Waals surface area contributed by atoms with Crippen molar-refractivity contribution in [2.45, 2.75) is 33.1 Å². The smallest absolute Gasteiger partial charge is 0.273 e. The lowest BCUT2D eigenvalue weighted by atomic mass is 9.97. The summed E-state index contributed by atoms with van der Waals surface area (Å²) in [4.78, 5) is 31.8. The van der Waals surface area contributed by atoms with Gasteiger partial charge in [-0.25, -0.2) is 4.98 Å². The number of nitrogens with one attached hydrogen (secondary N) is 1. The normalized spacial score (nSPS) is 13.8. The standard InChI is InChI=1S/C20H23N5O2/c1-11-14(12(2)22-19-18(11)20(27)23-24(19)3)10-17(26)25-9-5-6-13-15(21)7-4-8-16(13)25/h4,7-8H,5-6,9-10,21H2,1-3H3,(H,23,27). The number of carbonyl (C=O) groups is 1. The average molecular weight is 365 g/mol. The number of H-pyrrole nitrogens is 1. The quantitative estimate of drug-likeness (QED) is 0.679. The maximum atomic E-state index is 13.1. The first-order chi connectivity index (χ1) is 12.9. The van der Waals surface area contributed by atoms with Gasteiger partial charge in [-0.1, -0.05) is 6.07 Å². The molecule has 27 heavy (non-hydrogen) atoms. The van der Waals surface area contributed by atoms with E-state index >= 15 is 0 Å². The Hall–Kier alpha value is -3.09. The number of nitrogen functional groups attached to an aromatic ring is 1. The molecule has 0 saturated heterocycles. The van der Waals surface area contributed by atoms with Gasteiger partial charge in [-0.2, -0.15) is 0 Å². The Bertz CT molecular complexity index is 1130. The fourth-order valence-electron chi connectivity index (χ4n) is 4.07. The summed E-state index contributed by atoms with van der Waals surface area (Å²) >= 11 is 0. The third-order valence-electron chi connectivity index (χ3n) is 5.49. The zero-order valence-corrected chi connectivity index (χ0v) is 15.8. The van der Waals surface area contributed by atoms with Crippen molar-refractivity contribution in [2.24, 2.45) is 7.05 Å². The van der Waals surface area contributed by atoms with Crippen molar-refractivity contribution in [3.63, 3.8) is 0 Å². The maximum Gasteiger partial charge on any atom is 0.273 e. The van der Waals surface area contributed by atoms with Gasteiger partial charge in [0.05, 0.1) is 11.8 Å². The van der Waals surface area contributed by atoms with Crippen LogP contribution >= 0.6 is 0 Å². The molecule has 0 saturated carbocycles. The summed E-state index contributed by atoms with van der Waals surface area (Å²) < 4.78 is 1.62. The second-order valence-electron chi connectivity index (χ2n) is 7.17. The molecule has 1 amide bonds. The number of aryl methyl sites for hydroxylation is 3. The number of anilines is 2. The van der Waals surface area contributed by atoms with Gasteiger partial charge >= 0.3 is 0 Å². The van der Waals surface area contributed by atoms with Crippen LogP contribution in [0.25, 0.3) is 11.0 Å². The van der Waals surface area contributed by atoms with Gasteiger partial charge in [-0.05, 0) is 55.5 Å². The molecule has 0 radical (unpaired) electrons. The van der Waals surface area contributed by atoms with E-state index < -0.39 is 0 Å². The molecule has 0 fully saturated rings. The highest BCUT2D eigenvalue weighted by Gasteiger charge is 2.25. The van der Waals surface area contributed by atoms with E-state index in [2.05, 4.69) is 10.1 Å². The first kappa shape index (κ1) is 17.3. The number of hydrogen-bond donors (Lipinski definition) is 2. The SMILES string of the molecule is Cc1nc2c(c(C)c1CC(=O)N1CCCc3c(N)cccc31)c(=O)[nH]n2C. The van der Waals surface area contributed by atoms with Crippen molar-refractivity contribution < 1.29 is 4.79 Å². The van der Waals surface area contributed by atoms with Crippen LogP contribution in [0.5, 0.6) is 0 Å². The molecule has 3 N–H and O–H groups in total. The second kappa shape index (κ2) is 6.26. The largest absolute Gasteiger partial charge is 0.398 e. The van der Waals surface area contributed by atoms with Crippen LogP contribution in [0.3, 0.4) is 0 Å². The molecule has 0 unspecified atom stereocenters. The number of aromatic nitrogens is 3. The van der Waals surface area contributed by atoms with E-state index in [0.717, 1.165) is 46.6 Å². The lowest BCUT2D eigenvalue weighted by Gasteiger charge is -2.30. The van der Waals surface area contributed by atoms with Crippen LogP contribution in [-0.4, -0.2) is 27.2 Å². The Balaban J connectivity index is 1.74. The van der Waals surface area contributed by atoms with Crippen molar-refractivity contribution in [2.75, 3.05) is 17.2 Å². The number of fused-ring (bicyclic) bond motifs is 2. The lowest BCUT2D eigenvalue weighted by molar-refractivity contribution is -0.118. The van der Waals surface area contributed by atoms with Crippen LogP contribution in [0.4, 0.5) is 11.4 Å². The van der Waals surface area contributed by atoms with Crippen molar-refractivity contribution >= 4 is 28.3 Å². The Morgan fingerprint density at radius 1 is 1.33 bits per heavy atom. The van der Waals surface area contributed by atoms with Gasteiger partial charge in [0.1, 0.15) is 0 Å². The fraction of sp³-hybridized carbons (Fsp3) is 0.350. The Morgan fingerprint density at radius 3 is 2.89 bits per heavy atom. The number of benzene rings is 1. The number of rotatable bonds is 2. The van der Waals surface area contributed by atoms with E-state index in [-0.39, 0.29) is 17.9 Å². The zero-order valence-electron chi connectivity index (χ0n) is 15.8. The number of carbonyl (C=O) groups excluding carboxylic acids is 1. The minimum absolute atomic E-state index is 0.00117. The molecule has 4 rings (SSSR count). The molecule has 1 aromatic carbocycles. The van der Waals surface area contributed by atoms with Gasteiger partial charge in [0.25, 0.3) is 5.56 Å². The van der Waals surface area contributed by atoms with E-state index in [9.17, 15) is 9.59 Å². The fourth-order valence-corrected chi connectivity index (χ4v) is 4.07. The predicted molar refractivity (Wildman–Crippen MR) is 106 cm³/mol. The number of aromatic amines is 1. The van der Waals surface area contributed by atoms with Crippen molar-refractivity contribution in [3.05, 3.63) is 50.9 Å². The summed E-state index contributed by atoms with van der Waals surface area (Å²) in [6, 6.07) is 5.71. The van der Waals surface area contributed by atoms with Crippen LogP contribution in [-0.2, 0) is 24.7 Å². The number of nitrogens with zero attached hydrogens (tertiary/aromatic N) is 3. The molecular formula is C20H23N5O2. The molecule has 0 aliphatic carbocycles. The van der Waals surface area contributed by atoms with Crippen molar-refractivity contribution in [1.82, 2.24) is 14.8 Å². The third-order valence-corrected chi connectivity index (χ3v) is 5.49. The first-order valence-corrected chi connectivity index (χ1v) is 9.11. The van der Waals surface area contributed by atoms with E-state index in [4.69, 9.17) is 5.73 Å². The van der Waals surface area contributed by atoms with Crippen LogP contribution < -0.4 is 16.2 Å². The summed E-state index contributed by atoms with van der Waals surface area (Å²) in [5.41, 5.74) is 11.6. The van der Waals surface area contributed by atoms with Crippen LogP contribution in [0, 0.1) is 13.8 Å². The minimum Gasteiger partial charge on any atom is -0.398 e. The summed E-state index contributed by atoms with van der Waals surface area (Å²) in [5.74, 6) is 0.00117. The molecular weight excluding hydrogens is 342 g/mol. The Kier molecular flexibility index (Phi) is 4.02. The van der Waals surface area contributed by atoms with Gasteiger partial charge in [0.15, 0.2) is 5.65 Å². The highest BCUT2D eigenvalue weighted by atomic mass is 16.2. The van der Waals surface area contributed by atoms with Gasteiger partial charge in [0.2, 0.25) is 5.91 Å². The number of pyridine rings is 1. The highest BCUT2D eigenvalue weighted by molar-refractivity contribution is 5.97. The first-order valence-electron chi connectivity index (χ1n) is 9.11. The second-order valence-corrected chi connectivity index (χ2v) is 7.17. The lowest BCUT2D eigenvalue weighted by Crippen LogP contribution is -2.37. The van der Waals surface area contributed by atoms with Crippen LogP contribution in [0.2, 0.25) is 0 Å².